The lowest BCUT2D eigenvalue weighted by Crippen LogP contribution is -2.26. The normalized spacial score (nSPS) is 22.9. The molecule has 0 heterocycles. The van der Waals surface area contributed by atoms with Crippen molar-refractivity contribution in [2.75, 3.05) is 6.61 Å². The van der Waals surface area contributed by atoms with Gasteiger partial charge in [0.2, 0.25) is 0 Å². The van der Waals surface area contributed by atoms with Gasteiger partial charge in [0.15, 0.2) is 0 Å². The van der Waals surface area contributed by atoms with Gasteiger partial charge in [0, 0.05) is 6.61 Å². The summed E-state index contributed by atoms with van der Waals surface area (Å²) < 4.78 is 10.9. The molecule has 2 saturated carbocycles. The van der Waals surface area contributed by atoms with E-state index in [1.54, 1.807) is 0 Å². The largest absolute Gasteiger partial charge is 0.446 e. The Morgan fingerprint density at radius 2 is 1.21 bits per heavy atom. The first kappa shape index (κ1) is 20.7. The van der Waals surface area contributed by atoms with Gasteiger partial charge in [0.05, 0.1) is 0 Å². The van der Waals surface area contributed by atoms with Crippen molar-refractivity contribution in [3.05, 3.63) is 0 Å². The highest BCUT2D eigenvalue weighted by atomic mass is 28.3. The van der Waals surface area contributed by atoms with E-state index in [0.29, 0.717) is 0 Å². The van der Waals surface area contributed by atoms with Crippen LogP contribution in [0.25, 0.3) is 0 Å². The summed E-state index contributed by atoms with van der Waals surface area (Å²) in [5, 5.41) is 0. The highest BCUT2D eigenvalue weighted by Crippen LogP contribution is 2.40. The molecule has 0 aromatic carbocycles. The van der Waals surface area contributed by atoms with E-state index in [-0.39, 0.29) is 10.0 Å². The molecule has 0 saturated heterocycles. The summed E-state index contributed by atoms with van der Waals surface area (Å²) in [4.78, 5) is 0. The Morgan fingerprint density at radius 3 is 1.67 bits per heavy atom. The van der Waals surface area contributed by atoms with Crippen LogP contribution >= 0.6 is 0 Å². The maximum absolute atomic E-state index is 5.69. The first-order valence-electron chi connectivity index (χ1n) is 10.9. The van der Waals surface area contributed by atoms with Crippen LogP contribution in [0.2, 0.25) is 0 Å². The summed E-state index contributed by atoms with van der Waals surface area (Å²) in [6.07, 6.45) is 23.6. The van der Waals surface area contributed by atoms with Gasteiger partial charge in [-0.15, -0.1) is 0 Å². The molecule has 2 aliphatic carbocycles. The average molecular weight is 370 g/mol. The van der Waals surface area contributed by atoms with Crippen molar-refractivity contribution < 1.29 is 8.54 Å². The standard InChI is InChI=1S/C20H41O2Si2/c23-22-24-21-17-11-16-20(18-12-7-3-1-4-8-13-18)19-14-9-5-2-6-10-15-19/h18-20,24H,1-17H2,23H3. The zero-order chi connectivity index (χ0) is 16.9. The number of hydrogen-bond acceptors (Lipinski definition) is 2. The van der Waals surface area contributed by atoms with E-state index < -0.39 is 0 Å². The molecule has 0 aromatic heterocycles. The van der Waals surface area contributed by atoms with E-state index in [1.807, 2.05) is 0 Å². The topological polar surface area (TPSA) is 18.5 Å². The molecule has 0 unspecified atom stereocenters. The van der Waals surface area contributed by atoms with Crippen LogP contribution in [0.1, 0.15) is 103 Å². The summed E-state index contributed by atoms with van der Waals surface area (Å²) in [5.41, 5.74) is 0. The molecule has 4 heteroatoms. The zero-order valence-electron chi connectivity index (χ0n) is 16.1. The molecule has 24 heavy (non-hydrogen) atoms. The number of hydrogen-bond donors (Lipinski definition) is 0. The molecule has 0 amide bonds. The Balaban J connectivity index is 1.89. The smallest absolute Gasteiger partial charge is 0.353 e. The van der Waals surface area contributed by atoms with Crippen molar-refractivity contribution in [3.8, 4) is 0 Å². The highest BCUT2D eigenvalue weighted by Gasteiger charge is 2.29. The van der Waals surface area contributed by atoms with Crippen LogP contribution in [0.3, 0.4) is 0 Å². The van der Waals surface area contributed by atoms with E-state index >= 15 is 0 Å². The van der Waals surface area contributed by atoms with Crippen LogP contribution in [0.4, 0.5) is 0 Å². The molecular weight excluding hydrogens is 328 g/mol. The van der Waals surface area contributed by atoms with Crippen LogP contribution in [-0.4, -0.2) is 27.1 Å². The monoisotopic (exact) mass is 369 g/mol. The van der Waals surface area contributed by atoms with E-state index in [1.165, 1.54) is 103 Å². The van der Waals surface area contributed by atoms with Crippen LogP contribution in [0.5, 0.6) is 0 Å². The van der Waals surface area contributed by atoms with Gasteiger partial charge in [-0.2, -0.15) is 0 Å². The first-order valence-corrected chi connectivity index (χ1v) is 12.6. The third kappa shape index (κ3) is 8.16. The highest BCUT2D eigenvalue weighted by molar-refractivity contribution is 6.27. The first-order chi connectivity index (χ1) is 11.9. The molecule has 0 aliphatic heterocycles. The van der Waals surface area contributed by atoms with Gasteiger partial charge in [-0.05, 0) is 30.6 Å². The lowest BCUT2D eigenvalue weighted by atomic mass is 9.70. The fourth-order valence-electron chi connectivity index (χ4n) is 5.21. The minimum absolute atomic E-state index is 0.170. The summed E-state index contributed by atoms with van der Waals surface area (Å²) in [5.74, 6) is 3.01. The molecule has 2 nitrogen and oxygen atoms in total. The van der Waals surface area contributed by atoms with E-state index in [2.05, 4.69) is 0 Å². The Labute approximate surface area is 156 Å². The van der Waals surface area contributed by atoms with Crippen molar-refractivity contribution in [1.29, 1.82) is 0 Å². The molecular formula is C20H41O2Si2. The van der Waals surface area contributed by atoms with Crippen LogP contribution in [-0.2, 0) is 8.54 Å². The molecule has 0 aromatic rings. The molecule has 141 valence electrons. The van der Waals surface area contributed by atoms with Gasteiger partial charge in [-0.3, -0.25) is 0 Å². The minimum atomic E-state index is -0.170. The van der Waals surface area contributed by atoms with E-state index in [4.69, 9.17) is 8.54 Å². The molecule has 0 bridgehead atoms. The lowest BCUT2D eigenvalue weighted by Gasteiger charge is -2.36. The van der Waals surface area contributed by atoms with Gasteiger partial charge in [-0.1, -0.05) is 89.9 Å². The second kappa shape index (κ2) is 13.5. The fraction of sp³-hybridized carbons (Fsp3) is 1.00. The van der Waals surface area contributed by atoms with E-state index in [0.717, 1.165) is 34.8 Å². The Bertz CT molecular complexity index is 263. The van der Waals surface area contributed by atoms with Gasteiger partial charge >= 0.3 is 10.0 Å². The van der Waals surface area contributed by atoms with Gasteiger partial charge in [0.25, 0.3) is 0 Å². The van der Waals surface area contributed by atoms with Gasteiger partial charge in [-0.25, -0.2) is 0 Å². The average Bonchev–Trinajstić information content (AvgIpc) is 2.52. The molecule has 0 atom stereocenters. The van der Waals surface area contributed by atoms with Crippen molar-refractivity contribution in [1.82, 2.24) is 0 Å². The summed E-state index contributed by atoms with van der Waals surface area (Å²) in [7, 11) is 0.657. The predicted molar refractivity (Wildman–Crippen MR) is 108 cm³/mol. The Morgan fingerprint density at radius 1 is 0.750 bits per heavy atom. The van der Waals surface area contributed by atoms with Crippen molar-refractivity contribution in [3.63, 3.8) is 0 Å². The Kier molecular flexibility index (Phi) is 11.7. The SMILES string of the molecule is [SiH3]O[SiH]OCCCC(C1CCCCCCC1)C1CCCCCCC1. The Hall–Kier alpha value is 0.354. The van der Waals surface area contributed by atoms with Gasteiger partial charge < -0.3 is 8.54 Å². The minimum Gasteiger partial charge on any atom is -0.446 e. The molecule has 1 radical (unpaired) electrons. The van der Waals surface area contributed by atoms with Crippen LogP contribution < -0.4 is 0 Å². The third-order valence-electron chi connectivity index (χ3n) is 6.47. The maximum Gasteiger partial charge on any atom is 0.353 e. The summed E-state index contributed by atoms with van der Waals surface area (Å²) in [6, 6.07) is 0. The summed E-state index contributed by atoms with van der Waals surface area (Å²) in [6.45, 7) is 0.938. The second-order valence-corrected chi connectivity index (χ2v) is 10.6. The van der Waals surface area contributed by atoms with E-state index in [9.17, 15) is 0 Å². The van der Waals surface area contributed by atoms with Crippen molar-refractivity contribution in [2.24, 2.45) is 17.8 Å². The molecule has 2 fully saturated rings. The lowest BCUT2D eigenvalue weighted by molar-refractivity contribution is 0.140. The predicted octanol–water partition coefficient (Wildman–Crippen LogP) is 4.68. The van der Waals surface area contributed by atoms with Crippen LogP contribution in [0.15, 0.2) is 0 Å². The van der Waals surface area contributed by atoms with Crippen molar-refractivity contribution in [2.45, 2.75) is 103 Å². The molecule has 2 aliphatic rings. The zero-order valence-corrected chi connectivity index (χ0v) is 19.3. The molecule has 0 N–H and O–H groups in total. The maximum atomic E-state index is 5.69. The fourth-order valence-corrected chi connectivity index (χ4v) is 6.01. The molecule has 0 spiro atoms. The third-order valence-corrected chi connectivity index (χ3v) is 7.62. The summed E-state index contributed by atoms with van der Waals surface area (Å²) >= 11 is 0. The van der Waals surface area contributed by atoms with Gasteiger partial charge in [0.1, 0.15) is 10.5 Å². The van der Waals surface area contributed by atoms with Crippen LogP contribution in [0, 0.1) is 17.8 Å². The van der Waals surface area contributed by atoms with Crippen molar-refractivity contribution >= 4 is 20.5 Å². The molecule has 2 rings (SSSR count). The second-order valence-electron chi connectivity index (χ2n) is 8.22. The quantitative estimate of drug-likeness (QED) is 0.457. The number of rotatable bonds is 8.